The first kappa shape index (κ1) is 24.6. The van der Waals surface area contributed by atoms with Gasteiger partial charge in [0.15, 0.2) is 12.4 Å². The number of hydrogen-bond acceptors (Lipinski definition) is 6. The van der Waals surface area contributed by atoms with Gasteiger partial charge in [-0.1, -0.05) is 6.07 Å². The van der Waals surface area contributed by atoms with Gasteiger partial charge in [-0.2, -0.15) is 0 Å². The number of methoxy groups -OCH3 is 1. The standard InChI is InChI=1S/C21H17F2N3O3.C2H6O/c1-11-4-17(2-3-18(11)13-5-14(10-27)20(24)25-9-13)26-21(29)19(28)12-6-15(22)8-16(23)7-12;1-3-2/h2-10,19,28H,1H3,(H2,24,25)(H,26,29);1-2H3. The Balaban J connectivity index is 0.00000114. The van der Waals surface area contributed by atoms with E-state index in [9.17, 15) is 23.5 Å². The van der Waals surface area contributed by atoms with Gasteiger partial charge < -0.3 is 20.9 Å². The largest absolute Gasteiger partial charge is 0.388 e. The van der Waals surface area contributed by atoms with E-state index in [1.807, 2.05) is 0 Å². The number of amides is 1. The molecular weight excluding hydrogens is 420 g/mol. The number of nitrogens with two attached hydrogens (primary N) is 1. The van der Waals surface area contributed by atoms with Crippen molar-refractivity contribution in [3.8, 4) is 11.1 Å². The number of nitrogen functional groups attached to an aromatic ring is 1. The lowest BCUT2D eigenvalue weighted by atomic mass is 10.00. The van der Waals surface area contributed by atoms with Crippen LogP contribution in [0.5, 0.6) is 0 Å². The van der Waals surface area contributed by atoms with Gasteiger partial charge in [0.2, 0.25) is 0 Å². The third-order valence-corrected chi connectivity index (χ3v) is 4.33. The van der Waals surface area contributed by atoms with Crippen molar-refractivity contribution >= 4 is 23.7 Å². The molecule has 0 saturated carbocycles. The van der Waals surface area contributed by atoms with Gasteiger partial charge in [0.1, 0.15) is 17.5 Å². The Kier molecular flexibility index (Phi) is 8.51. The Hall–Kier alpha value is -3.69. The molecule has 2 aromatic carbocycles. The number of carbonyl (C=O) groups is 2. The van der Waals surface area contributed by atoms with Crippen LogP contribution in [0.3, 0.4) is 0 Å². The molecule has 0 bridgehead atoms. The molecule has 168 valence electrons. The number of ether oxygens (including phenoxy) is 1. The summed E-state index contributed by atoms with van der Waals surface area (Å²) < 4.78 is 30.8. The minimum atomic E-state index is -1.74. The Morgan fingerprint density at radius 1 is 1.16 bits per heavy atom. The minimum Gasteiger partial charge on any atom is -0.388 e. The van der Waals surface area contributed by atoms with Crippen LogP contribution < -0.4 is 11.1 Å². The van der Waals surface area contributed by atoms with Gasteiger partial charge in [-0.05, 0) is 53.9 Å². The molecule has 9 heteroatoms. The number of aldehydes is 1. The number of carbonyl (C=O) groups excluding carboxylic acids is 2. The number of pyridine rings is 1. The number of halogens is 2. The van der Waals surface area contributed by atoms with E-state index in [-0.39, 0.29) is 16.9 Å². The van der Waals surface area contributed by atoms with Crippen LogP contribution in [0.2, 0.25) is 0 Å². The van der Waals surface area contributed by atoms with Crippen LogP contribution in [-0.2, 0) is 9.53 Å². The first-order valence-corrected chi connectivity index (χ1v) is 9.37. The van der Waals surface area contributed by atoms with E-state index in [2.05, 4.69) is 15.0 Å². The monoisotopic (exact) mass is 443 g/mol. The lowest BCUT2D eigenvalue weighted by molar-refractivity contribution is -0.124. The predicted octanol–water partition coefficient (Wildman–Crippen LogP) is 3.66. The summed E-state index contributed by atoms with van der Waals surface area (Å²) in [5.41, 5.74) is 8.29. The predicted molar refractivity (Wildman–Crippen MR) is 117 cm³/mol. The molecule has 0 radical (unpaired) electrons. The maximum absolute atomic E-state index is 13.3. The van der Waals surface area contributed by atoms with E-state index in [1.54, 1.807) is 45.4 Å². The second-order valence-electron chi connectivity index (χ2n) is 6.85. The van der Waals surface area contributed by atoms with Crippen LogP contribution in [-0.4, -0.2) is 36.5 Å². The summed E-state index contributed by atoms with van der Waals surface area (Å²) in [5.74, 6) is -2.48. The van der Waals surface area contributed by atoms with Crippen molar-refractivity contribution in [2.45, 2.75) is 13.0 Å². The zero-order valence-electron chi connectivity index (χ0n) is 17.7. The molecule has 3 rings (SSSR count). The number of benzene rings is 2. The first-order valence-electron chi connectivity index (χ1n) is 9.37. The van der Waals surface area contributed by atoms with E-state index in [0.29, 0.717) is 23.6 Å². The fourth-order valence-electron chi connectivity index (χ4n) is 2.89. The quantitative estimate of drug-likeness (QED) is 0.519. The van der Waals surface area contributed by atoms with Crippen molar-refractivity contribution in [2.24, 2.45) is 0 Å². The number of aryl methyl sites for hydroxylation is 1. The molecule has 0 spiro atoms. The van der Waals surface area contributed by atoms with E-state index < -0.39 is 23.6 Å². The second-order valence-corrected chi connectivity index (χ2v) is 6.85. The fraction of sp³-hybridized carbons (Fsp3) is 0.174. The average molecular weight is 443 g/mol. The smallest absolute Gasteiger partial charge is 0.257 e. The number of rotatable bonds is 5. The SMILES string of the molecule is COC.Cc1cc(NC(=O)C(O)c2cc(F)cc(F)c2)ccc1-c1cnc(N)c(C=O)c1. The van der Waals surface area contributed by atoms with Gasteiger partial charge in [-0.3, -0.25) is 9.59 Å². The molecule has 7 nitrogen and oxygen atoms in total. The van der Waals surface area contributed by atoms with Gasteiger partial charge in [0.25, 0.3) is 5.91 Å². The number of aliphatic hydroxyl groups excluding tert-OH is 1. The van der Waals surface area contributed by atoms with Crippen molar-refractivity contribution in [2.75, 3.05) is 25.3 Å². The Bertz CT molecular complexity index is 1100. The van der Waals surface area contributed by atoms with Crippen molar-refractivity contribution < 1.29 is 28.2 Å². The summed E-state index contributed by atoms with van der Waals surface area (Å²) in [6.07, 6.45) is 0.411. The van der Waals surface area contributed by atoms with Crippen molar-refractivity contribution in [3.05, 3.63) is 77.0 Å². The van der Waals surface area contributed by atoms with Crippen LogP contribution in [0.15, 0.2) is 48.7 Å². The highest BCUT2D eigenvalue weighted by molar-refractivity contribution is 5.95. The molecule has 1 unspecified atom stereocenters. The molecule has 0 aliphatic rings. The third kappa shape index (κ3) is 6.16. The van der Waals surface area contributed by atoms with E-state index >= 15 is 0 Å². The summed E-state index contributed by atoms with van der Waals surface area (Å²) in [7, 11) is 3.25. The molecule has 3 aromatic rings. The molecule has 1 amide bonds. The van der Waals surface area contributed by atoms with Crippen LogP contribution in [0.1, 0.15) is 27.6 Å². The number of nitrogens with one attached hydrogen (secondary N) is 1. The van der Waals surface area contributed by atoms with E-state index in [4.69, 9.17) is 5.73 Å². The van der Waals surface area contributed by atoms with Crippen LogP contribution in [0.4, 0.5) is 20.3 Å². The summed E-state index contributed by atoms with van der Waals surface area (Å²) in [4.78, 5) is 27.3. The first-order chi connectivity index (χ1) is 15.2. The zero-order valence-corrected chi connectivity index (χ0v) is 17.7. The van der Waals surface area contributed by atoms with E-state index in [0.717, 1.165) is 23.3 Å². The molecule has 0 aliphatic heterocycles. The molecular formula is C23H23F2N3O4. The molecule has 1 atom stereocenters. The lowest BCUT2D eigenvalue weighted by Gasteiger charge is -2.14. The normalized spacial score (nSPS) is 11.2. The average Bonchev–Trinajstić information content (AvgIpc) is 2.73. The fourth-order valence-corrected chi connectivity index (χ4v) is 2.89. The highest BCUT2D eigenvalue weighted by Crippen LogP contribution is 2.27. The molecule has 0 fully saturated rings. The minimum absolute atomic E-state index is 0.132. The zero-order chi connectivity index (χ0) is 23.8. The van der Waals surface area contributed by atoms with Gasteiger partial charge in [0.05, 0.1) is 5.56 Å². The molecule has 0 aliphatic carbocycles. The number of aromatic nitrogens is 1. The van der Waals surface area contributed by atoms with Gasteiger partial charge in [-0.25, -0.2) is 13.8 Å². The van der Waals surface area contributed by atoms with Crippen molar-refractivity contribution in [1.82, 2.24) is 4.98 Å². The van der Waals surface area contributed by atoms with Crippen molar-refractivity contribution in [3.63, 3.8) is 0 Å². The van der Waals surface area contributed by atoms with Crippen LogP contribution in [0.25, 0.3) is 11.1 Å². The maximum Gasteiger partial charge on any atom is 0.257 e. The van der Waals surface area contributed by atoms with Crippen molar-refractivity contribution in [1.29, 1.82) is 0 Å². The molecule has 4 N–H and O–H groups in total. The van der Waals surface area contributed by atoms with Crippen LogP contribution >= 0.6 is 0 Å². The van der Waals surface area contributed by atoms with Gasteiger partial charge in [-0.15, -0.1) is 0 Å². The maximum atomic E-state index is 13.3. The summed E-state index contributed by atoms with van der Waals surface area (Å²) >= 11 is 0. The highest BCUT2D eigenvalue weighted by atomic mass is 19.1. The summed E-state index contributed by atoms with van der Waals surface area (Å²) in [6, 6.07) is 9.00. The van der Waals surface area contributed by atoms with Gasteiger partial charge >= 0.3 is 0 Å². The number of hydrogen-bond donors (Lipinski definition) is 3. The number of anilines is 2. The topological polar surface area (TPSA) is 115 Å². The molecule has 1 heterocycles. The molecule has 0 saturated heterocycles. The Labute approximate surface area is 183 Å². The lowest BCUT2D eigenvalue weighted by Crippen LogP contribution is -2.21. The summed E-state index contributed by atoms with van der Waals surface area (Å²) in [6.45, 7) is 1.79. The van der Waals surface area contributed by atoms with Crippen LogP contribution in [0, 0.1) is 18.6 Å². The number of aliphatic hydroxyl groups is 1. The van der Waals surface area contributed by atoms with Gasteiger partial charge in [0, 0.05) is 37.7 Å². The highest BCUT2D eigenvalue weighted by Gasteiger charge is 2.19. The number of nitrogens with zero attached hydrogens (tertiary/aromatic N) is 1. The second kappa shape index (κ2) is 11.1. The summed E-state index contributed by atoms with van der Waals surface area (Å²) in [5, 5.41) is 12.6. The Morgan fingerprint density at radius 2 is 1.78 bits per heavy atom. The molecule has 1 aromatic heterocycles. The Morgan fingerprint density at radius 3 is 2.34 bits per heavy atom. The molecule has 32 heavy (non-hydrogen) atoms. The third-order valence-electron chi connectivity index (χ3n) is 4.33. The van der Waals surface area contributed by atoms with E-state index in [1.165, 1.54) is 6.20 Å².